The predicted octanol–water partition coefficient (Wildman–Crippen LogP) is 5.38. The molecule has 3 aromatic rings. The first-order valence-corrected chi connectivity index (χ1v) is 6.59. The zero-order valence-corrected chi connectivity index (χ0v) is 11.2. The first kappa shape index (κ1) is 13.3. The number of benzene rings is 3. The second-order valence-corrected chi connectivity index (χ2v) is 4.73. The molecule has 1 N–H and O–H groups in total. The summed E-state index contributed by atoms with van der Waals surface area (Å²) in [5.41, 5.74) is 3.38. The third-order valence-corrected chi connectivity index (χ3v) is 3.14. The van der Waals surface area contributed by atoms with Gasteiger partial charge < -0.3 is 5.32 Å². The summed E-state index contributed by atoms with van der Waals surface area (Å²) >= 11 is 0. The van der Waals surface area contributed by atoms with E-state index >= 15 is 0 Å². The Kier molecular flexibility index (Phi) is 3.65. The van der Waals surface area contributed by atoms with Crippen molar-refractivity contribution in [2.75, 3.05) is 5.32 Å². The Bertz CT molecular complexity index is 717. The molecular weight excluding hydrogens is 268 g/mol. The van der Waals surface area contributed by atoms with Crippen LogP contribution in [0.3, 0.4) is 0 Å². The molecule has 0 aliphatic heterocycles. The van der Waals surface area contributed by atoms with Crippen LogP contribution in [0.15, 0.2) is 72.8 Å². The Morgan fingerprint density at radius 2 is 1.14 bits per heavy atom. The molecule has 0 saturated carbocycles. The van der Waals surface area contributed by atoms with Gasteiger partial charge in [-0.1, -0.05) is 42.5 Å². The van der Waals surface area contributed by atoms with Crippen molar-refractivity contribution in [3.8, 4) is 11.1 Å². The highest BCUT2D eigenvalue weighted by Crippen LogP contribution is 2.23. The van der Waals surface area contributed by atoms with Crippen molar-refractivity contribution < 1.29 is 8.78 Å². The van der Waals surface area contributed by atoms with Gasteiger partial charge in [0, 0.05) is 17.4 Å². The van der Waals surface area contributed by atoms with Gasteiger partial charge in [0.2, 0.25) is 0 Å². The normalized spacial score (nSPS) is 10.4. The highest BCUT2D eigenvalue weighted by Gasteiger charge is 2.02. The topological polar surface area (TPSA) is 12.0 Å². The molecule has 0 aliphatic carbocycles. The van der Waals surface area contributed by atoms with Gasteiger partial charge in [0.1, 0.15) is 11.6 Å². The van der Waals surface area contributed by atoms with Gasteiger partial charge in [-0.15, -0.1) is 0 Å². The van der Waals surface area contributed by atoms with Crippen LogP contribution in [0.4, 0.5) is 20.2 Å². The summed E-state index contributed by atoms with van der Waals surface area (Å²) < 4.78 is 26.3. The summed E-state index contributed by atoms with van der Waals surface area (Å²) in [5, 5.41) is 2.98. The smallest absolute Gasteiger partial charge is 0.128 e. The SMILES string of the molecule is Fc1cc(F)cc(Nc2ccc(-c3ccccc3)cc2)c1. The van der Waals surface area contributed by atoms with Gasteiger partial charge in [0.15, 0.2) is 0 Å². The maximum Gasteiger partial charge on any atom is 0.128 e. The van der Waals surface area contributed by atoms with Gasteiger partial charge in [0.25, 0.3) is 0 Å². The standard InChI is InChI=1S/C18H13F2N/c19-15-10-16(20)12-18(11-15)21-17-8-6-14(7-9-17)13-4-2-1-3-5-13/h1-12,21H. The van der Waals surface area contributed by atoms with E-state index in [0.29, 0.717) is 5.69 Å². The fourth-order valence-electron chi connectivity index (χ4n) is 2.17. The van der Waals surface area contributed by atoms with Crippen LogP contribution in [0.2, 0.25) is 0 Å². The largest absolute Gasteiger partial charge is 0.355 e. The Morgan fingerprint density at radius 1 is 0.571 bits per heavy atom. The Hall–Kier alpha value is -2.68. The molecule has 0 heterocycles. The van der Waals surface area contributed by atoms with Crippen molar-refractivity contribution in [2.45, 2.75) is 0 Å². The van der Waals surface area contributed by atoms with E-state index in [1.807, 2.05) is 54.6 Å². The van der Waals surface area contributed by atoms with E-state index in [0.717, 1.165) is 22.9 Å². The fraction of sp³-hybridized carbons (Fsp3) is 0. The Morgan fingerprint density at radius 3 is 1.76 bits per heavy atom. The van der Waals surface area contributed by atoms with Crippen LogP contribution >= 0.6 is 0 Å². The van der Waals surface area contributed by atoms with E-state index in [1.54, 1.807) is 0 Å². The molecule has 3 rings (SSSR count). The summed E-state index contributed by atoms with van der Waals surface area (Å²) in [6, 6.07) is 21.1. The summed E-state index contributed by atoms with van der Waals surface area (Å²) in [7, 11) is 0. The van der Waals surface area contributed by atoms with E-state index in [-0.39, 0.29) is 0 Å². The number of rotatable bonds is 3. The van der Waals surface area contributed by atoms with Crippen LogP contribution in [0.1, 0.15) is 0 Å². The highest BCUT2D eigenvalue weighted by atomic mass is 19.1. The minimum absolute atomic E-state index is 0.389. The van der Waals surface area contributed by atoms with Gasteiger partial charge in [-0.25, -0.2) is 8.78 Å². The van der Waals surface area contributed by atoms with Gasteiger partial charge in [-0.05, 0) is 35.4 Å². The van der Waals surface area contributed by atoms with Crippen molar-refractivity contribution in [1.82, 2.24) is 0 Å². The third-order valence-electron chi connectivity index (χ3n) is 3.14. The van der Waals surface area contributed by atoms with Crippen molar-refractivity contribution in [3.63, 3.8) is 0 Å². The lowest BCUT2D eigenvalue weighted by atomic mass is 10.1. The van der Waals surface area contributed by atoms with E-state index in [2.05, 4.69) is 5.32 Å². The summed E-state index contributed by atoms with van der Waals surface area (Å²) in [6.07, 6.45) is 0. The van der Waals surface area contributed by atoms with Gasteiger partial charge >= 0.3 is 0 Å². The molecule has 0 saturated heterocycles. The molecular formula is C18H13F2N. The van der Waals surface area contributed by atoms with E-state index in [4.69, 9.17) is 0 Å². The average Bonchev–Trinajstić information content (AvgIpc) is 2.48. The van der Waals surface area contributed by atoms with Crippen LogP contribution in [0.5, 0.6) is 0 Å². The molecule has 0 aliphatic rings. The molecule has 0 radical (unpaired) electrons. The second-order valence-electron chi connectivity index (χ2n) is 4.73. The lowest BCUT2D eigenvalue weighted by Gasteiger charge is -2.08. The van der Waals surface area contributed by atoms with Crippen molar-refractivity contribution in [1.29, 1.82) is 0 Å². The molecule has 3 aromatic carbocycles. The van der Waals surface area contributed by atoms with Crippen LogP contribution < -0.4 is 5.32 Å². The fourth-order valence-corrected chi connectivity index (χ4v) is 2.17. The first-order valence-electron chi connectivity index (χ1n) is 6.59. The lowest BCUT2D eigenvalue weighted by molar-refractivity contribution is 0.584. The Balaban J connectivity index is 1.81. The Labute approximate surface area is 121 Å². The lowest BCUT2D eigenvalue weighted by Crippen LogP contribution is -1.92. The van der Waals surface area contributed by atoms with Crippen LogP contribution in [0.25, 0.3) is 11.1 Å². The highest BCUT2D eigenvalue weighted by molar-refractivity contribution is 5.68. The van der Waals surface area contributed by atoms with Crippen LogP contribution in [0, 0.1) is 11.6 Å². The molecule has 0 fully saturated rings. The molecule has 1 nitrogen and oxygen atoms in total. The monoisotopic (exact) mass is 281 g/mol. The van der Waals surface area contributed by atoms with Crippen molar-refractivity contribution in [2.24, 2.45) is 0 Å². The molecule has 3 heteroatoms. The summed E-state index contributed by atoms with van der Waals surface area (Å²) in [5.74, 6) is -1.20. The minimum atomic E-state index is -0.599. The molecule has 0 unspecified atom stereocenters. The minimum Gasteiger partial charge on any atom is -0.355 e. The number of halogens is 2. The van der Waals surface area contributed by atoms with Gasteiger partial charge in [0.05, 0.1) is 0 Å². The zero-order chi connectivity index (χ0) is 14.7. The molecule has 0 spiro atoms. The summed E-state index contributed by atoms with van der Waals surface area (Å²) in [6.45, 7) is 0. The molecule has 0 bridgehead atoms. The molecule has 104 valence electrons. The zero-order valence-electron chi connectivity index (χ0n) is 11.2. The van der Waals surface area contributed by atoms with E-state index in [1.165, 1.54) is 12.1 Å². The van der Waals surface area contributed by atoms with E-state index < -0.39 is 11.6 Å². The second kappa shape index (κ2) is 5.75. The maximum atomic E-state index is 13.1. The molecule has 21 heavy (non-hydrogen) atoms. The van der Waals surface area contributed by atoms with E-state index in [9.17, 15) is 8.78 Å². The maximum absolute atomic E-state index is 13.1. The van der Waals surface area contributed by atoms with Gasteiger partial charge in [-0.2, -0.15) is 0 Å². The molecule has 0 aromatic heterocycles. The third kappa shape index (κ3) is 3.26. The van der Waals surface area contributed by atoms with Crippen molar-refractivity contribution >= 4 is 11.4 Å². The van der Waals surface area contributed by atoms with Crippen LogP contribution in [-0.4, -0.2) is 0 Å². The average molecular weight is 281 g/mol. The number of hydrogen-bond donors (Lipinski definition) is 1. The van der Waals surface area contributed by atoms with Gasteiger partial charge in [-0.3, -0.25) is 0 Å². The molecule has 0 amide bonds. The quantitative estimate of drug-likeness (QED) is 0.680. The number of anilines is 2. The van der Waals surface area contributed by atoms with Crippen molar-refractivity contribution in [3.05, 3.63) is 84.4 Å². The van der Waals surface area contributed by atoms with Crippen LogP contribution in [-0.2, 0) is 0 Å². The predicted molar refractivity (Wildman–Crippen MR) is 81.5 cm³/mol. The molecule has 0 atom stereocenters. The summed E-state index contributed by atoms with van der Waals surface area (Å²) in [4.78, 5) is 0. The first-order chi connectivity index (χ1) is 10.2. The number of hydrogen-bond acceptors (Lipinski definition) is 1. The number of nitrogens with one attached hydrogen (secondary N) is 1.